The summed E-state index contributed by atoms with van der Waals surface area (Å²) in [6.07, 6.45) is 2.23. The highest BCUT2D eigenvalue weighted by Crippen LogP contribution is 2.30. The van der Waals surface area contributed by atoms with E-state index in [4.69, 9.17) is 46.6 Å². The molecule has 1 atom stereocenters. The van der Waals surface area contributed by atoms with Crippen LogP contribution in [0.3, 0.4) is 0 Å². The van der Waals surface area contributed by atoms with E-state index in [0.717, 1.165) is 37.7 Å². The Morgan fingerprint density at radius 2 is 1.11 bits per heavy atom. The van der Waals surface area contributed by atoms with Gasteiger partial charge in [0.05, 0.1) is 39.1 Å². The van der Waals surface area contributed by atoms with E-state index in [1.165, 1.54) is 11.1 Å². The molecule has 1 aliphatic heterocycles. The summed E-state index contributed by atoms with van der Waals surface area (Å²) in [7, 11) is 0. The van der Waals surface area contributed by atoms with Crippen molar-refractivity contribution in [3.63, 3.8) is 0 Å². The van der Waals surface area contributed by atoms with Crippen LogP contribution in [0.5, 0.6) is 0 Å². The van der Waals surface area contributed by atoms with Crippen LogP contribution in [0.15, 0.2) is 78.9 Å². The molecule has 0 spiro atoms. The lowest BCUT2D eigenvalue weighted by atomic mass is 9.96. The third kappa shape index (κ3) is 19.0. The average Bonchev–Trinajstić information content (AvgIpc) is 3.01. The number of carboxylic acid groups (broad SMARTS) is 4. The van der Waals surface area contributed by atoms with Crippen molar-refractivity contribution >= 4 is 35.5 Å². The van der Waals surface area contributed by atoms with Crippen LogP contribution in [0, 0.1) is 0 Å². The second-order valence-electron chi connectivity index (χ2n) is 9.21. The number of hydrogen-bond acceptors (Lipinski definition) is 9. The van der Waals surface area contributed by atoms with Gasteiger partial charge in [-0.3, -0.25) is 9.80 Å². The number of ether oxygens (including phenoxy) is 2. The number of halogens is 1. The smallest absolute Gasteiger partial charge is 0.328 e. The first-order valence-corrected chi connectivity index (χ1v) is 14.2. The summed E-state index contributed by atoms with van der Waals surface area (Å²) in [5.74, 6) is -5.03. The maximum atomic E-state index is 9.55. The van der Waals surface area contributed by atoms with Gasteiger partial charge in [-0.25, -0.2) is 19.2 Å². The number of benzene rings is 2. The van der Waals surface area contributed by atoms with Gasteiger partial charge >= 0.3 is 23.9 Å². The molecule has 14 heteroatoms. The van der Waals surface area contributed by atoms with Crippen LogP contribution in [-0.2, 0) is 28.7 Å². The summed E-state index contributed by atoms with van der Waals surface area (Å²) >= 11 is 6.11. The fourth-order valence-corrected chi connectivity index (χ4v) is 4.13. The molecule has 0 aromatic heterocycles. The van der Waals surface area contributed by atoms with E-state index in [0.29, 0.717) is 50.7 Å². The molecule has 13 nitrogen and oxygen atoms in total. The molecule has 0 bridgehead atoms. The van der Waals surface area contributed by atoms with E-state index in [1.54, 1.807) is 0 Å². The molecular formula is C31H39ClN2O11. The molecular weight excluding hydrogens is 612 g/mol. The summed E-state index contributed by atoms with van der Waals surface area (Å²) in [5.41, 5.74) is 2.59. The standard InChI is InChI=1S/C23H31ClN2O3.2C4H4O4/c24-22-8-6-21(7-9-22)23(20-4-2-1-3-5-20)26-12-10-25(11-13-26)14-16-28-18-19-29-17-15-27;2*5-3(6)1-2-4(7)8/h1-9,23,27H,10-19H2;2*1-2H,(H,5,6)(H,7,8). The Morgan fingerprint density at radius 3 is 1.56 bits per heavy atom. The zero-order valence-electron chi connectivity index (χ0n) is 24.6. The number of nitrogens with zero attached hydrogens (tertiary/aromatic N) is 2. The number of piperazine rings is 1. The molecule has 0 aliphatic carbocycles. The second-order valence-corrected chi connectivity index (χ2v) is 9.65. The molecule has 1 fully saturated rings. The Hall–Kier alpha value is -4.11. The molecule has 1 unspecified atom stereocenters. The van der Waals surface area contributed by atoms with Crippen molar-refractivity contribution in [1.29, 1.82) is 0 Å². The lowest BCUT2D eigenvalue weighted by Crippen LogP contribution is -2.48. The van der Waals surface area contributed by atoms with Crippen LogP contribution in [0.1, 0.15) is 17.2 Å². The summed E-state index contributed by atoms with van der Waals surface area (Å²) in [5, 5.41) is 40.7. The van der Waals surface area contributed by atoms with Crippen molar-refractivity contribution in [1.82, 2.24) is 9.80 Å². The topological polar surface area (TPSA) is 194 Å². The van der Waals surface area contributed by atoms with Crippen molar-refractivity contribution in [2.24, 2.45) is 0 Å². The van der Waals surface area contributed by atoms with Gasteiger partial charge in [-0.2, -0.15) is 0 Å². The second kappa shape index (κ2) is 23.3. The lowest BCUT2D eigenvalue weighted by molar-refractivity contribution is -0.134. The van der Waals surface area contributed by atoms with Crippen molar-refractivity contribution < 1.29 is 54.2 Å². The molecule has 1 aliphatic rings. The average molecular weight is 651 g/mol. The summed E-state index contributed by atoms with van der Waals surface area (Å²) < 4.78 is 10.8. The van der Waals surface area contributed by atoms with E-state index in [1.807, 2.05) is 12.1 Å². The lowest BCUT2D eigenvalue weighted by Gasteiger charge is -2.39. The van der Waals surface area contributed by atoms with Gasteiger partial charge in [0.25, 0.3) is 0 Å². The van der Waals surface area contributed by atoms with E-state index in [9.17, 15) is 19.2 Å². The molecule has 246 valence electrons. The number of aliphatic carboxylic acids is 4. The number of aliphatic hydroxyl groups excluding tert-OH is 1. The Morgan fingerprint density at radius 1 is 0.667 bits per heavy atom. The fourth-order valence-electron chi connectivity index (χ4n) is 4.00. The minimum absolute atomic E-state index is 0.0598. The molecule has 1 saturated heterocycles. The van der Waals surface area contributed by atoms with Crippen LogP contribution in [0.25, 0.3) is 0 Å². The molecule has 5 N–H and O–H groups in total. The third-order valence-corrected chi connectivity index (χ3v) is 6.22. The Kier molecular flexibility index (Phi) is 20.1. The first-order valence-electron chi connectivity index (χ1n) is 13.8. The maximum Gasteiger partial charge on any atom is 0.328 e. The fraction of sp³-hybridized carbons (Fsp3) is 0.355. The molecule has 2 aromatic rings. The molecule has 45 heavy (non-hydrogen) atoms. The van der Waals surface area contributed by atoms with E-state index in [2.05, 4.69) is 52.3 Å². The molecule has 1 heterocycles. The Bertz CT molecular complexity index is 1150. The van der Waals surface area contributed by atoms with Crippen LogP contribution in [0.4, 0.5) is 0 Å². The molecule has 2 aromatic carbocycles. The highest BCUT2D eigenvalue weighted by atomic mass is 35.5. The number of hydrogen-bond donors (Lipinski definition) is 5. The first-order chi connectivity index (χ1) is 21.5. The van der Waals surface area contributed by atoms with Crippen LogP contribution < -0.4 is 0 Å². The predicted molar refractivity (Wildman–Crippen MR) is 165 cm³/mol. The largest absolute Gasteiger partial charge is 0.478 e. The van der Waals surface area contributed by atoms with Crippen LogP contribution >= 0.6 is 11.6 Å². The SMILES string of the molecule is O=C(O)C=CC(=O)O.O=C(O)C=CC(=O)O.OCCOCCOCCN1CCN(C(c2ccccc2)c2ccc(Cl)cc2)CC1. The van der Waals surface area contributed by atoms with E-state index in [-0.39, 0.29) is 12.6 Å². The number of carboxylic acids is 4. The highest BCUT2D eigenvalue weighted by Gasteiger charge is 2.26. The van der Waals surface area contributed by atoms with Gasteiger partial charge in [0.1, 0.15) is 0 Å². The molecule has 0 radical (unpaired) electrons. The monoisotopic (exact) mass is 650 g/mol. The van der Waals surface area contributed by atoms with Crippen molar-refractivity contribution in [2.75, 3.05) is 65.8 Å². The van der Waals surface area contributed by atoms with Gasteiger partial charge in [-0.15, -0.1) is 0 Å². The Labute approximate surface area is 266 Å². The van der Waals surface area contributed by atoms with E-state index >= 15 is 0 Å². The zero-order chi connectivity index (χ0) is 33.5. The summed E-state index contributed by atoms with van der Waals surface area (Å²) in [4.78, 5) is 43.2. The third-order valence-electron chi connectivity index (χ3n) is 5.97. The normalized spacial score (nSPS) is 14.2. The van der Waals surface area contributed by atoms with Crippen molar-refractivity contribution in [2.45, 2.75) is 6.04 Å². The predicted octanol–water partition coefficient (Wildman–Crippen LogP) is 2.50. The van der Waals surface area contributed by atoms with Gasteiger partial charge < -0.3 is 35.0 Å². The molecule has 0 amide bonds. The molecule has 3 rings (SSSR count). The van der Waals surface area contributed by atoms with Gasteiger partial charge in [0, 0.05) is 62.1 Å². The number of rotatable bonds is 15. The van der Waals surface area contributed by atoms with Crippen LogP contribution in [0.2, 0.25) is 5.02 Å². The quantitative estimate of drug-likeness (QED) is 0.139. The maximum absolute atomic E-state index is 9.55. The summed E-state index contributed by atoms with van der Waals surface area (Å²) in [6, 6.07) is 19.2. The van der Waals surface area contributed by atoms with Crippen LogP contribution in [-0.4, -0.2) is 125 Å². The number of carbonyl (C=O) groups is 4. The highest BCUT2D eigenvalue weighted by molar-refractivity contribution is 6.30. The van der Waals surface area contributed by atoms with Gasteiger partial charge in [0.2, 0.25) is 0 Å². The van der Waals surface area contributed by atoms with Crippen molar-refractivity contribution in [3.8, 4) is 0 Å². The first kappa shape index (κ1) is 38.9. The Balaban J connectivity index is 0.000000521. The van der Waals surface area contributed by atoms with E-state index < -0.39 is 23.9 Å². The molecule has 0 saturated carbocycles. The minimum atomic E-state index is -1.26. The zero-order valence-corrected chi connectivity index (χ0v) is 25.4. The van der Waals surface area contributed by atoms with Crippen molar-refractivity contribution in [3.05, 3.63) is 95.1 Å². The van der Waals surface area contributed by atoms with Gasteiger partial charge in [-0.05, 0) is 23.3 Å². The number of aliphatic hydroxyl groups is 1. The van der Waals surface area contributed by atoms with Gasteiger partial charge in [-0.1, -0.05) is 54.1 Å². The van der Waals surface area contributed by atoms with Gasteiger partial charge in [0.15, 0.2) is 0 Å². The summed E-state index contributed by atoms with van der Waals surface area (Å²) in [6.45, 7) is 7.28. The minimum Gasteiger partial charge on any atom is -0.478 e.